The highest BCUT2D eigenvalue weighted by atomic mass is 32.2. The summed E-state index contributed by atoms with van der Waals surface area (Å²) in [6.45, 7) is 2.33. The topological polar surface area (TPSA) is 55.4 Å². The smallest absolute Gasteiger partial charge is 0.264 e. The fourth-order valence-electron chi connectivity index (χ4n) is 3.38. The Hall–Kier alpha value is -0.130. The van der Waals surface area contributed by atoms with E-state index in [-0.39, 0.29) is 0 Å². The van der Waals surface area contributed by atoms with Crippen molar-refractivity contribution in [2.45, 2.75) is 38.5 Å². The van der Waals surface area contributed by atoms with Crippen molar-refractivity contribution in [3.05, 3.63) is 0 Å². The zero-order valence-corrected chi connectivity index (χ0v) is 12.0. The molecule has 1 saturated carbocycles. The molecule has 2 unspecified atom stereocenters. The first-order chi connectivity index (χ1) is 8.54. The molecule has 1 heterocycles. The summed E-state index contributed by atoms with van der Waals surface area (Å²) in [5, 5.41) is 3.44. The highest BCUT2D eigenvalue weighted by Gasteiger charge is 2.29. The van der Waals surface area contributed by atoms with E-state index >= 15 is 0 Å². The fourth-order valence-corrected chi connectivity index (χ4v) is 3.82. The Balaban J connectivity index is 1.80. The summed E-state index contributed by atoms with van der Waals surface area (Å²) in [4.78, 5) is 0. The largest absolute Gasteiger partial charge is 0.316 e. The highest BCUT2D eigenvalue weighted by Crippen LogP contribution is 2.34. The highest BCUT2D eigenvalue weighted by molar-refractivity contribution is 7.85. The van der Waals surface area contributed by atoms with E-state index in [0.717, 1.165) is 31.7 Å². The van der Waals surface area contributed by atoms with Gasteiger partial charge in [-0.15, -0.1) is 0 Å². The molecule has 5 heteroatoms. The van der Waals surface area contributed by atoms with Gasteiger partial charge in [0, 0.05) is 6.54 Å². The lowest BCUT2D eigenvalue weighted by molar-refractivity contribution is 0.140. The van der Waals surface area contributed by atoms with E-state index < -0.39 is 10.1 Å². The monoisotopic (exact) mass is 275 g/mol. The van der Waals surface area contributed by atoms with Crippen LogP contribution in [0.4, 0.5) is 0 Å². The Bertz CT molecular complexity index is 349. The molecular formula is C13H25NO3S. The van der Waals surface area contributed by atoms with E-state index in [4.69, 9.17) is 4.18 Å². The molecule has 0 aromatic carbocycles. The molecule has 1 N–H and O–H groups in total. The molecule has 1 aliphatic heterocycles. The lowest BCUT2D eigenvalue weighted by Crippen LogP contribution is -2.41. The van der Waals surface area contributed by atoms with Gasteiger partial charge in [-0.2, -0.15) is 8.42 Å². The predicted molar refractivity (Wildman–Crippen MR) is 71.8 cm³/mol. The number of nitrogens with one attached hydrogen (secondary N) is 1. The standard InChI is InChI=1S/C13H25NO3S/c1-18(15,16)17-10-11-7-13(9-14-8-11)12-5-3-2-4-6-12/h11-14H,2-10H2,1H3. The fraction of sp³-hybridized carbons (Fsp3) is 1.00. The van der Waals surface area contributed by atoms with Crippen molar-refractivity contribution >= 4 is 10.1 Å². The van der Waals surface area contributed by atoms with Gasteiger partial charge >= 0.3 is 0 Å². The second kappa shape index (κ2) is 6.35. The molecule has 0 radical (unpaired) electrons. The van der Waals surface area contributed by atoms with Crippen molar-refractivity contribution in [3.63, 3.8) is 0 Å². The van der Waals surface area contributed by atoms with Crippen molar-refractivity contribution in [3.8, 4) is 0 Å². The van der Waals surface area contributed by atoms with Crippen molar-refractivity contribution in [2.24, 2.45) is 17.8 Å². The maximum atomic E-state index is 11.0. The normalized spacial score (nSPS) is 31.4. The zero-order valence-electron chi connectivity index (χ0n) is 11.2. The van der Waals surface area contributed by atoms with Crippen LogP contribution in [0.3, 0.4) is 0 Å². The Labute approximate surface area is 111 Å². The summed E-state index contributed by atoms with van der Waals surface area (Å²) in [6.07, 6.45) is 9.07. The summed E-state index contributed by atoms with van der Waals surface area (Å²) in [5.74, 6) is 1.90. The van der Waals surface area contributed by atoms with Crippen molar-refractivity contribution in [2.75, 3.05) is 26.0 Å². The molecule has 2 rings (SSSR count). The van der Waals surface area contributed by atoms with Gasteiger partial charge < -0.3 is 5.32 Å². The van der Waals surface area contributed by atoms with Crippen LogP contribution in [0.1, 0.15) is 38.5 Å². The SMILES string of the molecule is CS(=O)(=O)OCC1CNCC(C2CCCCC2)C1. The summed E-state index contributed by atoms with van der Waals surface area (Å²) in [5.41, 5.74) is 0. The molecule has 1 aliphatic carbocycles. The molecule has 18 heavy (non-hydrogen) atoms. The molecule has 106 valence electrons. The molecule has 0 aromatic rings. The minimum absolute atomic E-state index is 0.342. The van der Waals surface area contributed by atoms with Crippen LogP contribution in [0, 0.1) is 17.8 Å². The number of hydrogen-bond acceptors (Lipinski definition) is 4. The minimum atomic E-state index is -3.29. The Kier molecular flexibility index (Phi) is 5.04. The first-order valence-electron chi connectivity index (χ1n) is 7.10. The van der Waals surface area contributed by atoms with Gasteiger partial charge in [0.25, 0.3) is 10.1 Å². The van der Waals surface area contributed by atoms with Gasteiger partial charge in [-0.05, 0) is 30.7 Å². The van der Waals surface area contributed by atoms with Crippen molar-refractivity contribution < 1.29 is 12.6 Å². The maximum Gasteiger partial charge on any atom is 0.264 e. The van der Waals surface area contributed by atoms with Crippen molar-refractivity contribution in [1.82, 2.24) is 5.32 Å². The van der Waals surface area contributed by atoms with Crippen LogP contribution < -0.4 is 5.32 Å². The molecule has 0 aromatic heterocycles. The van der Waals surface area contributed by atoms with Crippen LogP contribution >= 0.6 is 0 Å². The van der Waals surface area contributed by atoms with Crippen LogP contribution in [0.5, 0.6) is 0 Å². The van der Waals surface area contributed by atoms with Crippen LogP contribution in [0.25, 0.3) is 0 Å². The summed E-state index contributed by atoms with van der Waals surface area (Å²) in [6, 6.07) is 0. The molecule has 1 saturated heterocycles. The van der Waals surface area contributed by atoms with Crippen LogP contribution in [0.15, 0.2) is 0 Å². The second-order valence-corrected chi connectivity index (χ2v) is 7.55. The van der Waals surface area contributed by atoms with Gasteiger partial charge in [0.05, 0.1) is 12.9 Å². The third-order valence-corrected chi connectivity index (χ3v) is 4.87. The molecule has 2 atom stereocenters. The first kappa shape index (κ1) is 14.3. The molecule has 0 amide bonds. The van der Waals surface area contributed by atoms with E-state index in [1.165, 1.54) is 32.1 Å². The third kappa shape index (κ3) is 4.52. The zero-order chi connectivity index (χ0) is 13.0. The Morgan fingerprint density at radius 1 is 1.11 bits per heavy atom. The molecule has 2 fully saturated rings. The van der Waals surface area contributed by atoms with Gasteiger partial charge in [-0.3, -0.25) is 4.18 Å². The predicted octanol–water partition coefficient (Wildman–Crippen LogP) is 1.77. The Morgan fingerprint density at radius 3 is 2.50 bits per heavy atom. The molecule has 4 nitrogen and oxygen atoms in total. The van der Waals surface area contributed by atoms with E-state index in [9.17, 15) is 8.42 Å². The minimum Gasteiger partial charge on any atom is -0.316 e. The summed E-state index contributed by atoms with van der Waals surface area (Å²) in [7, 11) is -3.29. The lowest BCUT2D eigenvalue weighted by Gasteiger charge is -2.36. The van der Waals surface area contributed by atoms with Crippen molar-refractivity contribution in [1.29, 1.82) is 0 Å². The van der Waals surface area contributed by atoms with Gasteiger partial charge in [0.15, 0.2) is 0 Å². The number of rotatable bonds is 4. The van der Waals surface area contributed by atoms with Crippen LogP contribution in [-0.2, 0) is 14.3 Å². The Morgan fingerprint density at radius 2 is 1.83 bits per heavy atom. The van der Waals surface area contributed by atoms with E-state index in [1.807, 2.05) is 0 Å². The third-order valence-electron chi connectivity index (χ3n) is 4.31. The molecule has 0 bridgehead atoms. The second-order valence-electron chi connectivity index (χ2n) is 5.91. The van der Waals surface area contributed by atoms with Gasteiger partial charge in [-0.25, -0.2) is 0 Å². The van der Waals surface area contributed by atoms with Gasteiger partial charge in [0.1, 0.15) is 0 Å². The van der Waals surface area contributed by atoms with Crippen LogP contribution in [-0.4, -0.2) is 34.4 Å². The quantitative estimate of drug-likeness (QED) is 0.795. The van der Waals surface area contributed by atoms with E-state index in [2.05, 4.69) is 5.32 Å². The van der Waals surface area contributed by atoms with E-state index in [1.54, 1.807) is 0 Å². The average molecular weight is 275 g/mol. The molecule has 0 spiro atoms. The summed E-state index contributed by atoms with van der Waals surface area (Å²) < 4.78 is 27.0. The van der Waals surface area contributed by atoms with Gasteiger partial charge in [0.2, 0.25) is 0 Å². The number of piperidine rings is 1. The molecular weight excluding hydrogens is 250 g/mol. The maximum absolute atomic E-state index is 11.0. The first-order valence-corrected chi connectivity index (χ1v) is 8.91. The van der Waals surface area contributed by atoms with Crippen LogP contribution in [0.2, 0.25) is 0 Å². The number of hydrogen-bond donors (Lipinski definition) is 1. The molecule has 2 aliphatic rings. The lowest BCUT2D eigenvalue weighted by atomic mass is 9.75. The van der Waals surface area contributed by atoms with E-state index in [0.29, 0.717) is 18.4 Å². The van der Waals surface area contributed by atoms with Gasteiger partial charge in [-0.1, -0.05) is 32.1 Å². The average Bonchev–Trinajstić information content (AvgIpc) is 2.37. The summed E-state index contributed by atoms with van der Waals surface area (Å²) >= 11 is 0.